The second kappa shape index (κ2) is 7.07. The Bertz CT molecular complexity index is 452. The molecule has 0 unspecified atom stereocenters. The maximum absolute atomic E-state index is 10.1. The third kappa shape index (κ3) is 4.06. The lowest BCUT2D eigenvalue weighted by Gasteiger charge is -2.37. The molecule has 2 heterocycles. The molecule has 0 bridgehead atoms. The molecule has 2 N–H and O–H groups in total. The molecule has 0 aromatic carbocycles. The summed E-state index contributed by atoms with van der Waals surface area (Å²) in [6, 6.07) is 0. The summed E-state index contributed by atoms with van der Waals surface area (Å²) in [5.41, 5.74) is 0.688. The average molecular weight is 292 g/mol. The normalized spacial score (nSPS) is 17.8. The van der Waals surface area contributed by atoms with Gasteiger partial charge in [0.05, 0.1) is 5.60 Å². The van der Waals surface area contributed by atoms with Crippen LogP contribution in [0.25, 0.3) is 0 Å². The van der Waals surface area contributed by atoms with E-state index in [-0.39, 0.29) is 0 Å². The van der Waals surface area contributed by atoms with Crippen molar-refractivity contribution in [1.29, 1.82) is 0 Å². The fraction of sp³-hybridized carbons (Fsp3) is 0.750. The number of piperidine rings is 1. The Hall–Kier alpha value is -1.36. The van der Waals surface area contributed by atoms with E-state index < -0.39 is 5.60 Å². The molecule has 5 heteroatoms. The Morgan fingerprint density at radius 3 is 2.57 bits per heavy atom. The van der Waals surface area contributed by atoms with Crippen molar-refractivity contribution in [3.8, 4) is 0 Å². The molecule has 0 spiro atoms. The number of hydrogen-bond acceptors (Lipinski definition) is 5. The zero-order chi connectivity index (χ0) is 15.3. The number of nitrogens with zero attached hydrogens (tertiary/aromatic N) is 3. The molecule has 0 aliphatic carbocycles. The van der Waals surface area contributed by atoms with Gasteiger partial charge in [0.2, 0.25) is 0 Å². The quantitative estimate of drug-likeness (QED) is 0.844. The molecule has 0 amide bonds. The van der Waals surface area contributed by atoms with Crippen LogP contribution in [0.5, 0.6) is 0 Å². The molecule has 21 heavy (non-hydrogen) atoms. The molecule has 1 aliphatic rings. The van der Waals surface area contributed by atoms with Crippen LogP contribution in [0.2, 0.25) is 0 Å². The van der Waals surface area contributed by atoms with Gasteiger partial charge in [0, 0.05) is 25.2 Å². The molecular weight excluding hydrogens is 264 g/mol. The largest absolute Gasteiger partial charge is 0.390 e. The van der Waals surface area contributed by atoms with E-state index in [4.69, 9.17) is 0 Å². The first-order chi connectivity index (χ1) is 10.1. The number of aliphatic hydroxyl groups is 1. The van der Waals surface area contributed by atoms with Crippen LogP contribution in [-0.4, -0.2) is 40.3 Å². The summed E-state index contributed by atoms with van der Waals surface area (Å²) in [5.74, 6) is 2.02. The monoisotopic (exact) mass is 292 g/mol. The fourth-order valence-electron chi connectivity index (χ4n) is 2.75. The van der Waals surface area contributed by atoms with E-state index >= 15 is 0 Å². The summed E-state index contributed by atoms with van der Waals surface area (Å²) in [7, 11) is 0. The minimum absolute atomic E-state index is 0.530. The molecule has 1 aliphatic heterocycles. The highest BCUT2D eigenvalue weighted by molar-refractivity contribution is 5.59. The summed E-state index contributed by atoms with van der Waals surface area (Å²) in [6.07, 6.45) is 6.37. The number of rotatable bonds is 6. The minimum Gasteiger partial charge on any atom is -0.390 e. The second-order valence-corrected chi connectivity index (χ2v) is 6.19. The molecule has 0 radical (unpaired) electrons. The van der Waals surface area contributed by atoms with Crippen molar-refractivity contribution in [2.45, 2.75) is 58.5 Å². The summed E-state index contributed by atoms with van der Waals surface area (Å²) in [6.45, 7) is 8.90. The first-order valence-electron chi connectivity index (χ1n) is 8.12. The van der Waals surface area contributed by atoms with Crippen LogP contribution >= 0.6 is 0 Å². The number of aromatic nitrogens is 2. The first-order valence-corrected chi connectivity index (χ1v) is 8.12. The smallest absolute Gasteiger partial charge is 0.137 e. The highest BCUT2D eigenvalue weighted by atomic mass is 16.3. The van der Waals surface area contributed by atoms with Crippen LogP contribution in [0.3, 0.4) is 0 Å². The standard InChI is InChI=1S/C16H28N4O/c1-4-6-13-14(17-9-5-2)18-12-19-15(13)20-10-7-16(3,21)8-11-20/h12,21H,4-11H2,1-3H3,(H,17,18,19). The third-order valence-electron chi connectivity index (χ3n) is 4.11. The van der Waals surface area contributed by atoms with Gasteiger partial charge in [-0.1, -0.05) is 20.3 Å². The van der Waals surface area contributed by atoms with Gasteiger partial charge in [-0.25, -0.2) is 9.97 Å². The molecule has 1 aromatic heterocycles. The summed E-state index contributed by atoms with van der Waals surface area (Å²) in [4.78, 5) is 11.2. The lowest BCUT2D eigenvalue weighted by molar-refractivity contribution is 0.0350. The van der Waals surface area contributed by atoms with Gasteiger partial charge in [0.15, 0.2) is 0 Å². The number of anilines is 2. The van der Waals surface area contributed by atoms with E-state index in [0.29, 0.717) is 0 Å². The molecule has 1 aromatic rings. The topological polar surface area (TPSA) is 61.3 Å². The number of nitrogens with one attached hydrogen (secondary N) is 1. The van der Waals surface area contributed by atoms with Gasteiger partial charge in [-0.2, -0.15) is 0 Å². The van der Waals surface area contributed by atoms with Crippen LogP contribution in [-0.2, 0) is 6.42 Å². The van der Waals surface area contributed by atoms with Gasteiger partial charge in [0.1, 0.15) is 18.0 Å². The van der Waals surface area contributed by atoms with Crippen molar-refractivity contribution in [2.24, 2.45) is 0 Å². The van der Waals surface area contributed by atoms with Gasteiger partial charge in [-0.05, 0) is 32.6 Å². The van der Waals surface area contributed by atoms with E-state index in [1.807, 2.05) is 6.92 Å². The summed E-state index contributed by atoms with van der Waals surface area (Å²) >= 11 is 0. The highest BCUT2D eigenvalue weighted by Crippen LogP contribution is 2.30. The predicted molar refractivity (Wildman–Crippen MR) is 86.9 cm³/mol. The Balaban J connectivity index is 2.21. The van der Waals surface area contributed by atoms with E-state index in [0.717, 1.165) is 63.4 Å². The van der Waals surface area contributed by atoms with Crippen LogP contribution in [0.4, 0.5) is 11.6 Å². The van der Waals surface area contributed by atoms with Crippen molar-refractivity contribution < 1.29 is 5.11 Å². The van der Waals surface area contributed by atoms with Crippen LogP contribution < -0.4 is 10.2 Å². The van der Waals surface area contributed by atoms with Crippen LogP contribution in [0.15, 0.2) is 6.33 Å². The third-order valence-corrected chi connectivity index (χ3v) is 4.11. The predicted octanol–water partition coefficient (Wildman–Crippen LogP) is 2.60. The number of hydrogen-bond donors (Lipinski definition) is 2. The van der Waals surface area contributed by atoms with E-state index in [2.05, 4.69) is 34.0 Å². The lowest BCUT2D eigenvalue weighted by Crippen LogP contribution is -2.43. The Morgan fingerprint density at radius 2 is 1.95 bits per heavy atom. The highest BCUT2D eigenvalue weighted by Gasteiger charge is 2.29. The van der Waals surface area contributed by atoms with Crippen molar-refractivity contribution >= 4 is 11.6 Å². The fourth-order valence-corrected chi connectivity index (χ4v) is 2.75. The Labute approximate surface area is 127 Å². The average Bonchev–Trinajstić information content (AvgIpc) is 2.46. The molecular formula is C16H28N4O. The zero-order valence-corrected chi connectivity index (χ0v) is 13.5. The van der Waals surface area contributed by atoms with Gasteiger partial charge in [-0.15, -0.1) is 0 Å². The molecule has 1 fully saturated rings. The van der Waals surface area contributed by atoms with Crippen molar-refractivity contribution in [3.05, 3.63) is 11.9 Å². The molecule has 0 saturated carbocycles. The van der Waals surface area contributed by atoms with E-state index in [9.17, 15) is 5.11 Å². The minimum atomic E-state index is -0.530. The molecule has 2 rings (SSSR count). The summed E-state index contributed by atoms with van der Waals surface area (Å²) in [5, 5.41) is 13.5. The van der Waals surface area contributed by atoms with E-state index in [1.165, 1.54) is 5.56 Å². The molecule has 118 valence electrons. The van der Waals surface area contributed by atoms with Crippen molar-refractivity contribution in [3.63, 3.8) is 0 Å². The maximum atomic E-state index is 10.1. The SMILES string of the molecule is CCCNc1ncnc(N2CCC(C)(O)CC2)c1CCC. The molecule has 0 atom stereocenters. The maximum Gasteiger partial charge on any atom is 0.137 e. The van der Waals surface area contributed by atoms with Gasteiger partial charge in [0.25, 0.3) is 0 Å². The summed E-state index contributed by atoms with van der Waals surface area (Å²) < 4.78 is 0. The first kappa shape index (κ1) is 16.0. The zero-order valence-electron chi connectivity index (χ0n) is 13.5. The van der Waals surface area contributed by atoms with Gasteiger partial charge in [-0.3, -0.25) is 0 Å². The van der Waals surface area contributed by atoms with Gasteiger partial charge < -0.3 is 15.3 Å². The lowest BCUT2D eigenvalue weighted by atomic mass is 9.93. The molecule has 5 nitrogen and oxygen atoms in total. The Morgan fingerprint density at radius 1 is 1.24 bits per heavy atom. The van der Waals surface area contributed by atoms with Gasteiger partial charge >= 0.3 is 0 Å². The molecule has 1 saturated heterocycles. The Kier molecular flexibility index (Phi) is 5.39. The van der Waals surface area contributed by atoms with E-state index in [1.54, 1.807) is 6.33 Å². The van der Waals surface area contributed by atoms with Crippen LogP contribution in [0, 0.1) is 0 Å². The van der Waals surface area contributed by atoms with Crippen LogP contribution in [0.1, 0.15) is 52.0 Å². The second-order valence-electron chi connectivity index (χ2n) is 6.19. The van der Waals surface area contributed by atoms with Crippen molar-refractivity contribution in [1.82, 2.24) is 9.97 Å². The van der Waals surface area contributed by atoms with Crippen molar-refractivity contribution in [2.75, 3.05) is 29.9 Å².